The molecule has 0 atom stereocenters. The van der Waals surface area contributed by atoms with Crippen molar-refractivity contribution in [2.24, 2.45) is 0 Å². The highest BCUT2D eigenvalue weighted by Gasteiger charge is 2.18. The van der Waals surface area contributed by atoms with Gasteiger partial charge >= 0.3 is 17.9 Å². The minimum absolute atomic E-state index is 0.0141. The topological polar surface area (TPSA) is 78.9 Å². The zero-order valence-corrected chi connectivity index (χ0v) is 14.3. The lowest BCUT2D eigenvalue weighted by atomic mass is 10.1. The van der Waals surface area contributed by atoms with Gasteiger partial charge in [0.15, 0.2) is 0 Å². The minimum atomic E-state index is -0.680. The van der Waals surface area contributed by atoms with E-state index in [4.69, 9.17) is 14.2 Å². The average Bonchev–Trinajstić information content (AvgIpc) is 2.63. The fraction of sp³-hybridized carbons (Fsp3) is 0.316. The number of benzene rings is 1. The molecule has 0 aliphatic rings. The first kappa shape index (κ1) is 20.2. The van der Waals surface area contributed by atoms with Crippen molar-refractivity contribution in [1.82, 2.24) is 0 Å². The van der Waals surface area contributed by atoms with Crippen molar-refractivity contribution in [3.8, 4) is 0 Å². The number of ether oxygens (including phenoxy) is 3. The van der Waals surface area contributed by atoms with Gasteiger partial charge in [0.05, 0.1) is 23.3 Å². The van der Waals surface area contributed by atoms with Gasteiger partial charge in [0.2, 0.25) is 0 Å². The van der Waals surface area contributed by atoms with Crippen molar-refractivity contribution in [2.75, 3.05) is 19.8 Å². The van der Waals surface area contributed by atoms with E-state index in [0.717, 1.165) is 12.8 Å². The summed E-state index contributed by atoms with van der Waals surface area (Å²) in [5, 5.41) is 0. The minimum Gasteiger partial charge on any atom is -0.462 e. The number of hydrogen-bond donors (Lipinski definition) is 0. The molecule has 1 rings (SSSR count). The van der Waals surface area contributed by atoms with Crippen LogP contribution in [0, 0.1) is 0 Å². The Morgan fingerprint density at radius 2 is 1.24 bits per heavy atom. The molecule has 1 aromatic carbocycles. The summed E-state index contributed by atoms with van der Waals surface area (Å²) in [5.74, 6) is -1.98. The summed E-state index contributed by atoms with van der Waals surface area (Å²) < 4.78 is 15.0. The Morgan fingerprint density at radius 1 is 0.840 bits per heavy atom. The van der Waals surface area contributed by atoms with Gasteiger partial charge in [0.25, 0.3) is 0 Å². The lowest BCUT2D eigenvalue weighted by Crippen LogP contribution is -2.13. The fourth-order valence-electron chi connectivity index (χ4n) is 1.81. The van der Waals surface area contributed by atoms with E-state index in [1.165, 1.54) is 30.4 Å². The second-order valence-electron chi connectivity index (χ2n) is 5.06. The number of hydrogen-bond acceptors (Lipinski definition) is 6. The highest BCUT2D eigenvalue weighted by atomic mass is 16.5. The van der Waals surface area contributed by atoms with Crippen LogP contribution in [0.2, 0.25) is 0 Å². The normalized spacial score (nSPS) is 9.80. The van der Waals surface area contributed by atoms with E-state index >= 15 is 0 Å². The van der Waals surface area contributed by atoms with Gasteiger partial charge in [0, 0.05) is 0 Å². The van der Waals surface area contributed by atoms with E-state index in [1.807, 2.05) is 6.92 Å². The molecular weight excluding hydrogens is 324 g/mol. The molecule has 0 radical (unpaired) electrons. The number of carbonyl (C=O) groups excluding carboxylic acids is 3. The van der Waals surface area contributed by atoms with Crippen LogP contribution in [0.5, 0.6) is 0 Å². The Bertz CT molecular complexity index is 605. The zero-order valence-electron chi connectivity index (χ0n) is 14.3. The molecule has 0 aliphatic heterocycles. The van der Waals surface area contributed by atoms with Crippen molar-refractivity contribution in [1.29, 1.82) is 0 Å². The molecule has 0 heterocycles. The molecule has 0 spiro atoms. The molecule has 0 amide bonds. The van der Waals surface area contributed by atoms with E-state index in [2.05, 4.69) is 13.2 Å². The van der Waals surface area contributed by atoms with Gasteiger partial charge in [-0.3, -0.25) is 0 Å². The third-order valence-corrected chi connectivity index (χ3v) is 3.04. The van der Waals surface area contributed by atoms with Crippen LogP contribution >= 0.6 is 0 Å². The summed E-state index contributed by atoms with van der Waals surface area (Å²) >= 11 is 0. The monoisotopic (exact) mass is 346 g/mol. The summed E-state index contributed by atoms with van der Waals surface area (Å²) in [7, 11) is 0. The Hall–Kier alpha value is -2.89. The van der Waals surface area contributed by atoms with Gasteiger partial charge in [-0.1, -0.05) is 38.7 Å². The zero-order chi connectivity index (χ0) is 18.7. The van der Waals surface area contributed by atoms with Gasteiger partial charge in [-0.05, 0) is 24.6 Å². The first-order valence-electron chi connectivity index (χ1n) is 7.91. The van der Waals surface area contributed by atoms with Gasteiger partial charge in [0.1, 0.15) is 13.2 Å². The second-order valence-corrected chi connectivity index (χ2v) is 5.06. The van der Waals surface area contributed by atoms with E-state index in [0.29, 0.717) is 0 Å². The molecular formula is C19H22O6. The molecule has 0 saturated heterocycles. The molecule has 6 nitrogen and oxygen atoms in total. The standard InChI is InChI=1S/C19H22O6/c1-4-7-10-25-19(22)16-12-14(17(20)23-8-5-2)11-15(13-16)18(21)24-9-6-3/h5-6,11-13H,2-4,7-10H2,1H3. The fourth-order valence-corrected chi connectivity index (χ4v) is 1.81. The smallest absolute Gasteiger partial charge is 0.338 e. The van der Waals surface area contributed by atoms with Gasteiger partial charge in [-0.25, -0.2) is 14.4 Å². The van der Waals surface area contributed by atoms with Crippen LogP contribution in [0.3, 0.4) is 0 Å². The van der Waals surface area contributed by atoms with Crippen LogP contribution in [-0.2, 0) is 14.2 Å². The highest BCUT2D eigenvalue weighted by Crippen LogP contribution is 2.15. The molecule has 0 saturated carbocycles. The maximum atomic E-state index is 12.1. The molecule has 0 N–H and O–H groups in total. The largest absolute Gasteiger partial charge is 0.462 e. The first-order valence-corrected chi connectivity index (χ1v) is 7.91. The van der Waals surface area contributed by atoms with Crippen LogP contribution in [0.25, 0.3) is 0 Å². The van der Waals surface area contributed by atoms with E-state index < -0.39 is 17.9 Å². The van der Waals surface area contributed by atoms with Crippen molar-refractivity contribution >= 4 is 17.9 Å². The highest BCUT2D eigenvalue weighted by molar-refractivity contribution is 6.00. The molecule has 25 heavy (non-hydrogen) atoms. The van der Waals surface area contributed by atoms with Crippen molar-refractivity contribution in [3.63, 3.8) is 0 Å². The van der Waals surface area contributed by atoms with Crippen LogP contribution in [0.1, 0.15) is 50.8 Å². The Morgan fingerprint density at radius 3 is 1.60 bits per heavy atom. The van der Waals surface area contributed by atoms with Crippen molar-refractivity contribution < 1.29 is 28.6 Å². The van der Waals surface area contributed by atoms with E-state index in [9.17, 15) is 14.4 Å². The van der Waals surface area contributed by atoms with E-state index in [-0.39, 0.29) is 36.5 Å². The summed E-state index contributed by atoms with van der Waals surface area (Å²) in [6.07, 6.45) is 4.43. The maximum absolute atomic E-state index is 12.1. The summed E-state index contributed by atoms with van der Waals surface area (Å²) in [6.45, 7) is 9.18. The molecule has 1 aromatic rings. The Balaban J connectivity index is 3.10. The molecule has 0 bridgehead atoms. The predicted molar refractivity (Wildman–Crippen MR) is 92.6 cm³/mol. The van der Waals surface area contributed by atoms with Gasteiger partial charge in [-0.15, -0.1) is 0 Å². The number of carbonyl (C=O) groups is 3. The molecule has 0 aromatic heterocycles. The van der Waals surface area contributed by atoms with E-state index in [1.54, 1.807) is 0 Å². The lowest BCUT2D eigenvalue weighted by Gasteiger charge is -2.09. The number of rotatable bonds is 10. The number of esters is 3. The SMILES string of the molecule is C=CCOC(=O)c1cc(C(=O)OCC=C)cc(C(=O)OCCCC)c1. The molecule has 0 unspecified atom stereocenters. The first-order chi connectivity index (χ1) is 12.0. The quantitative estimate of drug-likeness (QED) is 0.280. The molecule has 0 aliphatic carbocycles. The lowest BCUT2D eigenvalue weighted by molar-refractivity contribution is 0.0499. The van der Waals surface area contributed by atoms with Crippen LogP contribution in [0.15, 0.2) is 43.5 Å². The van der Waals surface area contributed by atoms with Crippen molar-refractivity contribution in [3.05, 3.63) is 60.2 Å². The third kappa shape index (κ3) is 6.63. The van der Waals surface area contributed by atoms with Crippen molar-refractivity contribution in [2.45, 2.75) is 19.8 Å². The summed E-state index contributed by atoms with van der Waals surface area (Å²) in [5.41, 5.74) is 0.185. The predicted octanol–water partition coefficient (Wildman–Crippen LogP) is 3.33. The average molecular weight is 346 g/mol. The molecule has 134 valence electrons. The third-order valence-electron chi connectivity index (χ3n) is 3.04. The second kappa shape index (κ2) is 10.8. The van der Waals surface area contributed by atoms with Crippen LogP contribution in [-0.4, -0.2) is 37.7 Å². The number of unbranched alkanes of at least 4 members (excludes halogenated alkanes) is 1. The van der Waals surface area contributed by atoms with Gasteiger partial charge in [-0.2, -0.15) is 0 Å². The van der Waals surface area contributed by atoms with Crippen LogP contribution in [0.4, 0.5) is 0 Å². The summed E-state index contributed by atoms with van der Waals surface area (Å²) in [6, 6.07) is 3.95. The summed E-state index contributed by atoms with van der Waals surface area (Å²) in [4.78, 5) is 36.2. The molecule has 0 fully saturated rings. The maximum Gasteiger partial charge on any atom is 0.338 e. The van der Waals surface area contributed by atoms with Crippen LogP contribution < -0.4 is 0 Å². The Labute approximate surface area is 147 Å². The van der Waals surface area contributed by atoms with Gasteiger partial charge < -0.3 is 14.2 Å². The Kier molecular flexibility index (Phi) is 8.71. The molecule has 6 heteroatoms.